The number of alkyl halides is 3. The quantitative estimate of drug-likeness (QED) is 0.399. The van der Waals surface area contributed by atoms with Crippen LogP contribution in [-0.4, -0.2) is 56.8 Å². The van der Waals surface area contributed by atoms with Crippen LogP contribution in [0.2, 0.25) is 0 Å². The standard InChI is InChI=1S/C28H30F3N5O4S/c1-3-32-26(37)33-20-10-8-19(9-11-20)25-34-23(16-24(35-25)36-14-15-40-17-18(36)2)27(12-13-27)41(38,39)22-7-5-4-6-21(22)28(29,30)31/h4-11,16,18H,3,12-15,17H2,1-2H3,(H2,32,33,37)/t18-/m0/s1. The first-order valence-electron chi connectivity index (χ1n) is 13.3. The van der Waals surface area contributed by atoms with Gasteiger partial charge in [-0.05, 0) is 63.1 Å². The summed E-state index contributed by atoms with van der Waals surface area (Å²) >= 11 is 0. The maximum absolute atomic E-state index is 13.9. The van der Waals surface area contributed by atoms with Crippen LogP contribution in [0, 0.1) is 0 Å². The number of amides is 2. The van der Waals surface area contributed by atoms with Crippen LogP contribution in [0.3, 0.4) is 0 Å². The van der Waals surface area contributed by atoms with Crippen molar-refractivity contribution in [3.05, 3.63) is 65.9 Å². The summed E-state index contributed by atoms with van der Waals surface area (Å²) in [6.07, 6.45) is -4.58. The van der Waals surface area contributed by atoms with E-state index in [4.69, 9.17) is 9.72 Å². The summed E-state index contributed by atoms with van der Waals surface area (Å²) in [7, 11) is -4.49. The van der Waals surface area contributed by atoms with Crippen molar-refractivity contribution in [3.8, 4) is 11.4 Å². The lowest BCUT2D eigenvalue weighted by molar-refractivity contribution is -0.139. The molecule has 2 aromatic carbocycles. The molecule has 5 rings (SSSR count). The molecule has 0 spiro atoms. The van der Waals surface area contributed by atoms with Gasteiger partial charge in [-0.2, -0.15) is 13.2 Å². The second-order valence-corrected chi connectivity index (χ2v) is 12.3. The van der Waals surface area contributed by atoms with Gasteiger partial charge in [0.15, 0.2) is 15.7 Å². The Kier molecular flexibility index (Phi) is 7.68. The van der Waals surface area contributed by atoms with Crippen LogP contribution in [0.1, 0.15) is 37.9 Å². The third-order valence-electron chi connectivity index (χ3n) is 7.28. The van der Waals surface area contributed by atoms with Gasteiger partial charge in [0.25, 0.3) is 0 Å². The van der Waals surface area contributed by atoms with E-state index < -0.39 is 31.2 Å². The Morgan fingerprint density at radius 3 is 2.46 bits per heavy atom. The maximum atomic E-state index is 13.9. The molecule has 2 fully saturated rings. The molecule has 13 heteroatoms. The van der Waals surface area contributed by atoms with Crippen molar-refractivity contribution in [2.24, 2.45) is 0 Å². The molecular weight excluding hydrogens is 559 g/mol. The highest BCUT2D eigenvalue weighted by molar-refractivity contribution is 7.92. The van der Waals surface area contributed by atoms with Crippen molar-refractivity contribution in [2.45, 2.75) is 48.5 Å². The Hall–Kier alpha value is -3.71. The first-order chi connectivity index (χ1) is 19.5. The Bertz CT molecular complexity index is 1540. The maximum Gasteiger partial charge on any atom is 0.417 e. The predicted molar refractivity (Wildman–Crippen MR) is 147 cm³/mol. The molecule has 1 atom stereocenters. The van der Waals surface area contributed by atoms with Gasteiger partial charge >= 0.3 is 12.2 Å². The van der Waals surface area contributed by atoms with Gasteiger partial charge in [0.05, 0.1) is 35.4 Å². The molecule has 41 heavy (non-hydrogen) atoms. The molecule has 0 unspecified atom stereocenters. The lowest BCUT2D eigenvalue weighted by atomic mass is 10.1. The van der Waals surface area contributed by atoms with Gasteiger partial charge in [0.2, 0.25) is 0 Å². The Labute approximate surface area is 236 Å². The van der Waals surface area contributed by atoms with Gasteiger partial charge in [0.1, 0.15) is 10.6 Å². The zero-order valence-corrected chi connectivity index (χ0v) is 23.3. The number of carbonyl (C=O) groups excluding carboxylic acids is 1. The van der Waals surface area contributed by atoms with E-state index in [1.807, 2.05) is 11.8 Å². The molecule has 0 radical (unpaired) electrons. The Morgan fingerprint density at radius 1 is 1.12 bits per heavy atom. The van der Waals surface area contributed by atoms with Gasteiger partial charge in [-0.15, -0.1) is 0 Å². The topological polar surface area (TPSA) is 114 Å². The second kappa shape index (κ2) is 10.9. The number of sulfone groups is 1. The molecule has 1 saturated heterocycles. The van der Waals surface area contributed by atoms with Crippen LogP contribution in [0.15, 0.2) is 59.5 Å². The van der Waals surface area contributed by atoms with Crippen molar-refractivity contribution in [1.29, 1.82) is 0 Å². The number of nitrogens with one attached hydrogen (secondary N) is 2. The molecule has 9 nitrogen and oxygen atoms in total. The zero-order valence-electron chi connectivity index (χ0n) is 22.5. The van der Waals surface area contributed by atoms with Crippen molar-refractivity contribution in [3.63, 3.8) is 0 Å². The van der Waals surface area contributed by atoms with E-state index in [0.717, 1.165) is 12.1 Å². The van der Waals surface area contributed by atoms with Crippen LogP contribution >= 0.6 is 0 Å². The van der Waals surface area contributed by atoms with Crippen LogP contribution in [0.25, 0.3) is 11.4 Å². The van der Waals surface area contributed by atoms with Crippen molar-refractivity contribution < 1.29 is 31.1 Å². The molecule has 1 aliphatic heterocycles. The molecule has 2 N–H and O–H groups in total. The van der Waals surface area contributed by atoms with Crippen LogP contribution in [0.4, 0.5) is 29.5 Å². The van der Waals surface area contributed by atoms with Crippen LogP contribution < -0.4 is 15.5 Å². The van der Waals surface area contributed by atoms with Gasteiger partial charge in [0, 0.05) is 30.4 Å². The molecule has 1 aliphatic carbocycles. The number of ether oxygens (including phenoxy) is 1. The van der Waals surface area contributed by atoms with E-state index in [-0.39, 0.29) is 36.4 Å². The van der Waals surface area contributed by atoms with Crippen molar-refractivity contribution in [1.82, 2.24) is 15.3 Å². The number of hydrogen-bond donors (Lipinski definition) is 2. The number of benzene rings is 2. The second-order valence-electron chi connectivity index (χ2n) is 10.1. The fourth-order valence-electron chi connectivity index (χ4n) is 4.97. The third kappa shape index (κ3) is 5.60. The minimum Gasteiger partial charge on any atom is -0.377 e. The summed E-state index contributed by atoms with van der Waals surface area (Å²) in [5.41, 5.74) is 0.0395. The van der Waals surface area contributed by atoms with Crippen LogP contribution in [0.5, 0.6) is 0 Å². The lowest BCUT2D eigenvalue weighted by Crippen LogP contribution is -2.44. The highest BCUT2D eigenvalue weighted by atomic mass is 32.2. The van der Waals surface area contributed by atoms with Gasteiger partial charge in [-0.3, -0.25) is 0 Å². The number of morpholine rings is 1. The summed E-state index contributed by atoms with van der Waals surface area (Å²) in [5, 5.41) is 5.35. The van der Waals surface area contributed by atoms with Gasteiger partial charge in [-0.1, -0.05) is 12.1 Å². The summed E-state index contributed by atoms with van der Waals surface area (Å²) in [6.45, 7) is 5.60. The fourth-order valence-corrected chi connectivity index (χ4v) is 7.14. The number of nitrogens with zero attached hydrogens (tertiary/aromatic N) is 3. The summed E-state index contributed by atoms with van der Waals surface area (Å²) in [4.78, 5) is 22.5. The molecule has 3 aromatic rings. The van der Waals surface area contributed by atoms with Gasteiger partial charge < -0.3 is 20.3 Å². The van der Waals surface area contributed by atoms with E-state index in [1.54, 1.807) is 37.3 Å². The van der Waals surface area contributed by atoms with E-state index in [2.05, 4.69) is 15.6 Å². The Morgan fingerprint density at radius 2 is 1.83 bits per heavy atom. The van der Waals surface area contributed by atoms with Crippen molar-refractivity contribution >= 4 is 27.4 Å². The molecule has 0 bridgehead atoms. The number of halogens is 3. The van der Waals surface area contributed by atoms with Gasteiger partial charge in [-0.25, -0.2) is 23.2 Å². The zero-order chi connectivity index (χ0) is 29.4. The van der Waals surface area contributed by atoms with E-state index in [1.165, 1.54) is 12.1 Å². The number of rotatable bonds is 7. The lowest BCUT2D eigenvalue weighted by Gasteiger charge is -2.35. The monoisotopic (exact) mass is 589 g/mol. The fraction of sp³-hybridized carbons (Fsp3) is 0.393. The molecule has 2 amide bonds. The van der Waals surface area contributed by atoms with Crippen LogP contribution in [-0.2, 0) is 25.5 Å². The number of carbonyl (C=O) groups is 1. The predicted octanol–water partition coefficient (Wildman–Crippen LogP) is 4.99. The molecular formula is C28H30F3N5O4S. The first kappa shape index (κ1) is 28.8. The minimum absolute atomic E-state index is 0.0688. The number of anilines is 2. The SMILES string of the molecule is CCNC(=O)Nc1ccc(-c2nc(N3CCOC[C@@H]3C)cc(C3(S(=O)(=O)c4ccccc4C(F)(F)F)CC3)n2)cc1. The molecule has 1 saturated carbocycles. The summed E-state index contributed by atoms with van der Waals surface area (Å²) in [5.74, 6) is 0.697. The number of aromatic nitrogens is 2. The molecule has 2 aliphatic rings. The van der Waals surface area contributed by atoms with E-state index in [0.29, 0.717) is 43.4 Å². The smallest absolute Gasteiger partial charge is 0.377 e. The number of hydrogen-bond acceptors (Lipinski definition) is 7. The normalized spacial score (nSPS) is 18.6. The number of urea groups is 1. The van der Waals surface area contributed by atoms with Crippen molar-refractivity contribution in [2.75, 3.05) is 36.5 Å². The Balaban J connectivity index is 1.60. The average Bonchev–Trinajstić information content (AvgIpc) is 3.76. The summed E-state index contributed by atoms with van der Waals surface area (Å²) < 4.78 is 73.3. The molecule has 2 heterocycles. The minimum atomic E-state index is -4.84. The summed E-state index contributed by atoms with van der Waals surface area (Å²) in [6, 6.07) is 12.1. The molecule has 1 aromatic heterocycles. The first-order valence-corrected chi connectivity index (χ1v) is 14.7. The average molecular weight is 590 g/mol. The molecule has 218 valence electrons. The highest BCUT2D eigenvalue weighted by Gasteiger charge is 2.59. The third-order valence-corrected chi connectivity index (χ3v) is 9.86. The van der Waals surface area contributed by atoms with E-state index in [9.17, 15) is 26.4 Å². The largest absolute Gasteiger partial charge is 0.417 e. The highest BCUT2D eigenvalue weighted by Crippen LogP contribution is 2.56. The van der Waals surface area contributed by atoms with E-state index >= 15 is 0 Å².